The number of hydrogen-bond acceptors (Lipinski definition) is 3. The van der Waals surface area contributed by atoms with E-state index in [-0.39, 0.29) is 5.91 Å². The van der Waals surface area contributed by atoms with Crippen LogP contribution < -0.4 is 4.74 Å². The van der Waals surface area contributed by atoms with Gasteiger partial charge in [0.25, 0.3) is 0 Å². The molecule has 1 saturated heterocycles. The van der Waals surface area contributed by atoms with E-state index < -0.39 is 0 Å². The molecule has 2 rings (SSSR count). The van der Waals surface area contributed by atoms with E-state index in [9.17, 15) is 4.79 Å². The van der Waals surface area contributed by atoms with Gasteiger partial charge in [0.15, 0.2) is 0 Å². The fourth-order valence-corrected chi connectivity index (χ4v) is 2.55. The normalized spacial score (nSPS) is 19.3. The first kappa shape index (κ1) is 13.9. The number of amides is 1. The highest BCUT2D eigenvalue weighted by atomic mass is 16.5. The lowest BCUT2D eigenvalue weighted by molar-refractivity contribution is -0.129. The number of carbonyl (C=O) groups excluding carboxylic acids is 1. The largest absolute Gasteiger partial charge is 0.497 e. The molecule has 4 nitrogen and oxygen atoms in total. The topological polar surface area (TPSA) is 32.8 Å². The first-order valence-electron chi connectivity index (χ1n) is 6.67. The zero-order chi connectivity index (χ0) is 13.8. The van der Waals surface area contributed by atoms with Gasteiger partial charge in [0, 0.05) is 25.6 Å². The number of hydrogen-bond donors (Lipinski definition) is 0. The molecule has 1 unspecified atom stereocenters. The predicted octanol–water partition coefficient (Wildman–Crippen LogP) is 1.75. The monoisotopic (exact) mass is 262 g/mol. The molecule has 1 heterocycles. The number of likely N-dealkylation sites (N-methyl/N-ethyl adjacent to an activating group) is 1. The zero-order valence-electron chi connectivity index (χ0n) is 11.9. The van der Waals surface area contributed by atoms with E-state index in [1.807, 2.05) is 43.3 Å². The van der Waals surface area contributed by atoms with Crippen LogP contribution in [-0.2, 0) is 11.3 Å². The van der Waals surface area contributed by atoms with Crippen molar-refractivity contribution in [2.45, 2.75) is 25.4 Å². The van der Waals surface area contributed by atoms with Gasteiger partial charge in [-0.15, -0.1) is 0 Å². The third-order valence-corrected chi connectivity index (χ3v) is 3.54. The summed E-state index contributed by atoms with van der Waals surface area (Å²) < 4.78 is 5.15. The van der Waals surface area contributed by atoms with Gasteiger partial charge in [-0.3, -0.25) is 4.79 Å². The van der Waals surface area contributed by atoms with E-state index in [1.165, 1.54) is 0 Å². The highest BCUT2D eigenvalue weighted by molar-refractivity contribution is 5.78. The Bertz CT molecular complexity index is 428. The van der Waals surface area contributed by atoms with E-state index in [2.05, 4.69) is 4.90 Å². The van der Waals surface area contributed by atoms with Crippen molar-refractivity contribution in [1.82, 2.24) is 9.80 Å². The lowest BCUT2D eigenvalue weighted by atomic mass is 10.1. The van der Waals surface area contributed by atoms with Gasteiger partial charge >= 0.3 is 0 Å². The van der Waals surface area contributed by atoms with Crippen LogP contribution in [0.3, 0.4) is 0 Å². The Morgan fingerprint density at radius 1 is 1.32 bits per heavy atom. The number of ether oxygens (including phenoxy) is 1. The summed E-state index contributed by atoms with van der Waals surface area (Å²) in [6.45, 7) is 1.63. The molecule has 4 heteroatoms. The van der Waals surface area contributed by atoms with Gasteiger partial charge in [-0.1, -0.05) is 12.1 Å². The minimum Gasteiger partial charge on any atom is -0.497 e. The summed E-state index contributed by atoms with van der Waals surface area (Å²) >= 11 is 0. The maximum atomic E-state index is 12.0. The van der Waals surface area contributed by atoms with Crippen LogP contribution in [0.1, 0.15) is 18.4 Å². The molecule has 0 saturated carbocycles. The molecule has 0 spiro atoms. The summed E-state index contributed by atoms with van der Waals surface area (Å²) in [7, 11) is 5.76. The minimum absolute atomic E-state index is 0.266. The Balaban J connectivity index is 2.04. The summed E-state index contributed by atoms with van der Waals surface area (Å²) in [4.78, 5) is 16.1. The number of rotatable bonds is 5. The second-order valence-corrected chi connectivity index (χ2v) is 5.32. The van der Waals surface area contributed by atoms with E-state index in [4.69, 9.17) is 4.74 Å². The third-order valence-electron chi connectivity index (χ3n) is 3.54. The average molecular weight is 262 g/mol. The van der Waals surface area contributed by atoms with Crippen LogP contribution in [0.4, 0.5) is 0 Å². The van der Waals surface area contributed by atoms with Crippen LogP contribution in [0.5, 0.6) is 5.75 Å². The fourth-order valence-electron chi connectivity index (χ4n) is 2.55. The smallest absolute Gasteiger partial charge is 0.223 e. The van der Waals surface area contributed by atoms with Crippen molar-refractivity contribution in [1.29, 1.82) is 0 Å². The molecule has 19 heavy (non-hydrogen) atoms. The second-order valence-electron chi connectivity index (χ2n) is 5.32. The maximum Gasteiger partial charge on any atom is 0.223 e. The molecule has 1 atom stereocenters. The van der Waals surface area contributed by atoms with Gasteiger partial charge < -0.3 is 14.5 Å². The number of carbonyl (C=O) groups is 1. The lowest BCUT2D eigenvalue weighted by Crippen LogP contribution is -2.39. The van der Waals surface area contributed by atoms with E-state index >= 15 is 0 Å². The molecule has 1 amide bonds. The fraction of sp³-hybridized carbons (Fsp3) is 0.533. The maximum absolute atomic E-state index is 12.0. The Morgan fingerprint density at radius 3 is 2.58 bits per heavy atom. The number of nitrogens with zero attached hydrogens (tertiary/aromatic N) is 2. The highest BCUT2D eigenvalue weighted by Crippen LogP contribution is 2.22. The summed E-state index contributed by atoms with van der Waals surface area (Å²) in [6, 6.07) is 8.27. The van der Waals surface area contributed by atoms with Crippen LogP contribution in [0.25, 0.3) is 0 Å². The molecule has 0 N–H and O–H groups in total. The first-order valence-corrected chi connectivity index (χ1v) is 6.67. The quantitative estimate of drug-likeness (QED) is 0.810. The Morgan fingerprint density at radius 2 is 2.00 bits per heavy atom. The van der Waals surface area contributed by atoms with Crippen molar-refractivity contribution in [3.63, 3.8) is 0 Å². The molecule has 104 valence electrons. The molecule has 0 radical (unpaired) electrons. The van der Waals surface area contributed by atoms with E-state index in [1.54, 1.807) is 7.11 Å². The molecule has 1 aliphatic heterocycles. The molecule has 1 fully saturated rings. The van der Waals surface area contributed by atoms with Crippen molar-refractivity contribution in [2.24, 2.45) is 0 Å². The molecule has 1 aromatic rings. The molecule has 0 aliphatic carbocycles. The van der Waals surface area contributed by atoms with Gasteiger partial charge in [0.1, 0.15) is 5.75 Å². The number of benzene rings is 1. The van der Waals surface area contributed by atoms with Gasteiger partial charge in [0.05, 0.1) is 7.11 Å². The highest BCUT2D eigenvalue weighted by Gasteiger charge is 2.30. The molecule has 1 aromatic carbocycles. The average Bonchev–Trinajstić information content (AvgIpc) is 2.72. The summed E-state index contributed by atoms with van der Waals surface area (Å²) in [5, 5.41) is 0. The lowest BCUT2D eigenvalue weighted by Gasteiger charge is -2.27. The molecule has 1 aliphatic rings. The zero-order valence-corrected chi connectivity index (χ0v) is 11.9. The predicted molar refractivity (Wildman–Crippen MR) is 75.1 cm³/mol. The van der Waals surface area contributed by atoms with Crippen molar-refractivity contribution >= 4 is 5.91 Å². The minimum atomic E-state index is 0.266. The SMILES string of the molecule is COc1ccc(CN2C(=O)CCC2CN(C)C)cc1. The Kier molecular flexibility index (Phi) is 4.43. The Labute approximate surface area is 115 Å². The summed E-state index contributed by atoms with van der Waals surface area (Å²) in [5.74, 6) is 1.11. The summed E-state index contributed by atoms with van der Waals surface area (Å²) in [5.41, 5.74) is 1.15. The first-order chi connectivity index (χ1) is 9.10. The van der Waals surface area contributed by atoms with E-state index in [0.717, 1.165) is 24.3 Å². The van der Waals surface area contributed by atoms with Crippen molar-refractivity contribution in [2.75, 3.05) is 27.7 Å². The summed E-state index contributed by atoms with van der Waals surface area (Å²) in [6.07, 6.45) is 1.64. The van der Waals surface area contributed by atoms with Gasteiger partial charge in [-0.25, -0.2) is 0 Å². The van der Waals surface area contributed by atoms with Crippen LogP contribution in [0.15, 0.2) is 24.3 Å². The van der Waals surface area contributed by atoms with Crippen molar-refractivity contribution in [3.8, 4) is 5.75 Å². The Hall–Kier alpha value is -1.55. The molecular weight excluding hydrogens is 240 g/mol. The number of likely N-dealkylation sites (tertiary alicyclic amines) is 1. The van der Waals surface area contributed by atoms with Crippen LogP contribution in [0, 0.1) is 0 Å². The number of methoxy groups -OCH3 is 1. The van der Waals surface area contributed by atoms with Crippen molar-refractivity contribution in [3.05, 3.63) is 29.8 Å². The van der Waals surface area contributed by atoms with Gasteiger partial charge in [-0.05, 0) is 38.2 Å². The van der Waals surface area contributed by atoms with E-state index in [0.29, 0.717) is 19.0 Å². The second kappa shape index (κ2) is 6.06. The van der Waals surface area contributed by atoms with Crippen molar-refractivity contribution < 1.29 is 9.53 Å². The standard InChI is InChI=1S/C15H22N2O2/c1-16(2)11-13-6-9-15(18)17(13)10-12-4-7-14(19-3)8-5-12/h4-5,7-8,13H,6,9-11H2,1-3H3. The molecule has 0 aromatic heterocycles. The van der Waals surface area contributed by atoms with Crippen LogP contribution in [-0.4, -0.2) is 49.5 Å². The third kappa shape index (κ3) is 3.47. The van der Waals surface area contributed by atoms with Gasteiger partial charge in [-0.2, -0.15) is 0 Å². The molecule has 0 bridgehead atoms. The van der Waals surface area contributed by atoms with Crippen LogP contribution >= 0.6 is 0 Å². The molecular formula is C15H22N2O2. The van der Waals surface area contributed by atoms with Crippen LogP contribution in [0.2, 0.25) is 0 Å². The van der Waals surface area contributed by atoms with Gasteiger partial charge in [0.2, 0.25) is 5.91 Å².